The lowest BCUT2D eigenvalue weighted by Crippen LogP contribution is -2.33. The number of aliphatic hydroxyl groups excluding tert-OH is 1. The Labute approximate surface area is 115 Å². The van der Waals surface area contributed by atoms with Gasteiger partial charge in [-0.05, 0) is 51.7 Å². The number of hydrogen-bond donors (Lipinski definition) is 2. The molecule has 2 unspecified atom stereocenters. The van der Waals surface area contributed by atoms with Crippen LogP contribution in [-0.2, 0) is 0 Å². The van der Waals surface area contributed by atoms with E-state index in [2.05, 4.69) is 31.0 Å². The first-order valence-electron chi connectivity index (χ1n) is 7.00. The fourth-order valence-electron chi connectivity index (χ4n) is 2.88. The third-order valence-corrected chi connectivity index (χ3v) is 4.26. The smallest absolute Gasteiger partial charge is 0.116 e. The first-order valence-corrected chi connectivity index (χ1v) is 7.00. The third kappa shape index (κ3) is 2.98. The zero-order chi connectivity index (χ0) is 14.0. The van der Waals surface area contributed by atoms with Crippen LogP contribution in [0.25, 0.3) is 0 Å². The van der Waals surface area contributed by atoms with E-state index >= 15 is 0 Å². The topological polar surface area (TPSA) is 58.6 Å². The van der Waals surface area contributed by atoms with E-state index in [0.717, 1.165) is 24.8 Å². The number of fused-ring (bicyclic) bond motifs is 1. The maximum absolute atomic E-state index is 9.95. The highest BCUT2D eigenvalue weighted by Crippen LogP contribution is 2.37. The highest BCUT2D eigenvalue weighted by molar-refractivity contribution is 5.66. The van der Waals surface area contributed by atoms with Gasteiger partial charge in [-0.15, -0.1) is 0 Å². The molecule has 0 amide bonds. The molecule has 1 aliphatic carbocycles. The molecule has 0 saturated heterocycles. The summed E-state index contributed by atoms with van der Waals surface area (Å²) in [6, 6.07) is -0.0377. The van der Waals surface area contributed by atoms with E-state index in [1.165, 1.54) is 5.57 Å². The molecule has 0 radical (unpaired) electrons. The molecular weight excluding hydrogens is 236 g/mol. The van der Waals surface area contributed by atoms with Crippen molar-refractivity contribution in [3.63, 3.8) is 0 Å². The molecule has 0 aromatic heterocycles. The molecule has 0 aromatic rings. The molecule has 1 aliphatic heterocycles. The molecule has 19 heavy (non-hydrogen) atoms. The minimum atomic E-state index is -0.371. The zero-order valence-electron chi connectivity index (χ0n) is 12.1. The Kier molecular flexibility index (Phi) is 3.95. The van der Waals surface area contributed by atoms with Gasteiger partial charge in [-0.1, -0.05) is 17.7 Å². The predicted molar refractivity (Wildman–Crippen MR) is 80.4 cm³/mol. The van der Waals surface area contributed by atoms with Gasteiger partial charge < -0.3 is 10.8 Å². The minimum Gasteiger partial charge on any atom is -0.508 e. The number of hydrogen-bond acceptors (Lipinski definition) is 3. The van der Waals surface area contributed by atoms with Crippen molar-refractivity contribution in [1.29, 1.82) is 0 Å². The number of aliphatic hydroxyl groups is 1. The first-order chi connectivity index (χ1) is 8.94. The SMILES string of the molecule is C/C=C1/CCC2C=C(C)C(O)=CC2(C)N=C[C@@H](N)C1. The minimum absolute atomic E-state index is 0.0377. The molecule has 3 nitrogen and oxygen atoms in total. The standard InChI is InChI=1S/C16H24N2O/c1-4-12-5-6-13-7-11(2)15(19)9-16(13,3)18-10-14(17)8-12/h4,7,9-10,13-14,19H,5-6,8,17H2,1-3H3/b12-4-,18-10?/t13?,14-,16?/m0/s1. The van der Waals surface area contributed by atoms with Crippen molar-refractivity contribution in [2.24, 2.45) is 16.6 Å². The average molecular weight is 260 g/mol. The van der Waals surface area contributed by atoms with Crippen LogP contribution < -0.4 is 5.73 Å². The third-order valence-electron chi connectivity index (χ3n) is 4.26. The molecule has 3 heteroatoms. The van der Waals surface area contributed by atoms with Crippen molar-refractivity contribution in [2.75, 3.05) is 0 Å². The van der Waals surface area contributed by atoms with Gasteiger partial charge in [-0.3, -0.25) is 4.99 Å². The van der Waals surface area contributed by atoms with E-state index in [1.807, 2.05) is 19.2 Å². The van der Waals surface area contributed by atoms with Gasteiger partial charge in [0.05, 0.1) is 5.54 Å². The molecule has 3 atom stereocenters. The lowest BCUT2D eigenvalue weighted by Gasteiger charge is -2.33. The zero-order valence-corrected chi connectivity index (χ0v) is 12.1. The van der Waals surface area contributed by atoms with Gasteiger partial charge in [-0.25, -0.2) is 0 Å². The van der Waals surface area contributed by atoms with Crippen LogP contribution in [0.2, 0.25) is 0 Å². The van der Waals surface area contributed by atoms with E-state index in [4.69, 9.17) is 5.73 Å². The molecule has 2 aliphatic rings. The Balaban J connectivity index is 2.36. The van der Waals surface area contributed by atoms with Gasteiger partial charge in [0.2, 0.25) is 0 Å². The van der Waals surface area contributed by atoms with Gasteiger partial charge in [0, 0.05) is 18.2 Å². The summed E-state index contributed by atoms with van der Waals surface area (Å²) < 4.78 is 0. The van der Waals surface area contributed by atoms with Crippen LogP contribution in [0.5, 0.6) is 0 Å². The first kappa shape index (κ1) is 14.1. The quantitative estimate of drug-likeness (QED) is 0.657. The maximum atomic E-state index is 9.95. The normalized spacial score (nSPS) is 37.8. The maximum Gasteiger partial charge on any atom is 0.116 e. The van der Waals surface area contributed by atoms with Gasteiger partial charge >= 0.3 is 0 Å². The Morgan fingerprint density at radius 1 is 1.53 bits per heavy atom. The molecule has 104 valence electrons. The van der Waals surface area contributed by atoms with Crippen LogP contribution in [0.1, 0.15) is 40.0 Å². The fraction of sp³-hybridized carbons (Fsp3) is 0.562. The van der Waals surface area contributed by atoms with Crippen molar-refractivity contribution in [2.45, 2.75) is 51.6 Å². The molecule has 0 aromatic carbocycles. The Hall–Kier alpha value is -1.35. The molecule has 0 bridgehead atoms. The number of allylic oxidation sites excluding steroid dienone is 2. The molecule has 2 rings (SSSR count). The van der Waals surface area contributed by atoms with Crippen molar-refractivity contribution >= 4 is 6.21 Å². The van der Waals surface area contributed by atoms with E-state index in [0.29, 0.717) is 11.7 Å². The fourth-order valence-corrected chi connectivity index (χ4v) is 2.88. The van der Waals surface area contributed by atoms with Gasteiger partial charge in [0.15, 0.2) is 0 Å². The van der Waals surface area contributed by atoms with Gasteiger partial charge in [0.25, 0.3) is 0 Å². The van der Waals surface area contributed by atoms with E-state index in [1.54, 1.807) is 0 Å². The van der Waals surface area contributed by atoms with Crippen LogP contribution >= 0.6 is 0 Å². The van der Waals surface area contributed by atoms with E-state index in [-0.39, 0.29) is 11.6 Å². The highest BCUT2D eigenvalue weighted by atomic mass is 16.3. The highest BCUT2D eigenvalue weighted by Gasteiger charge is 2.34. The lowest BCUT2D eigenvalue weighted by molar-refractivity contribution is 0.353. The molecule has 0 spiro atoms. The van der Waals surface area contributed by atoms with Crippen molar-refractivity contribution in [3.8, 4) is 0 Å². The summed E-state index contributed by atoms with van der Waals surface area (Å²) >= 11 is 0. The summed E-state index contributed by atoms with van der Waals surface area (Å²) in [5.41, 5.74) is 8.07. The second kappa shape index (κ2) is 5.33. The number of aliphatic imine (C=N–C) groups is 1. The second-order valence-corrected chi connectivity index (χ2v) is 5.84. The van der Waals surface area contributed by atoms with E-state index in [9.17, 15) is 5.11 Å². The van der Waals surface area contributed by atoms with Gasteiger partial charge in [0.1, 0.15) is 5.76 Å². The molecule has 3 N–H and O–H groups in total. The van der Waals surface area contributed by atoms with Crippen LogP contribution in [0.15, 0.2) is 40.1 Å². The van der Waals surface area contributed by atoms with Crippen LogP contribution in [0.3, 0.4) is 0 Å². The Morgan fingerprint density at radius 2 is 2.26 bits per heavy atom. The van der Waals surface area contributed by atoms with Crippen molar-refractivity contribution < 1.29 is 5.11 Å². The summed E-state index contributed by atoms with van der Waals surface area (Å²) in [5.74, 6) is 0.662. The number of rotatable bonds is 0. The largest absolute Gasteiger partial charge is 0.508 e. The monoisotopic (exact) mass is 260 g/mol. The van der Waals surface area contributed by atoms with Gasteiger partial charge in [-0.2, -0.15) is 0 Å². The number of nitrogens with two attached hydrogens (primary N) is 1. The lowest BCUT2D eigenvalue weighted by atomic mass is 9.77. The molecule has 1 heterocycles. The summed E-state index contributed by atoms with van der Waals surface area (Å²) in [5, 5.41) is 9.95. The van der Waals surface area contributed by atoms with Crippen molar-refractivity contribution in [1.82, 2.24) is 0 Å². The number of nitrogens with zero attached hydrogens (tertiary/aromatic N) is 1. The molecular formula is C16H24N2O. The molecule has 0 fully saturated rings. The second-order valence-electron chi connectivity index (χ2n) is 5.84. The average Bonchev–Trinajstić information content (AvgIpc) is 2.42. The van der Waals surface area contributed by atoms with E-state index < -0.39 is 0 Å². The van der Waals surface area contributed by atoms with Crippen LogP contribution in [0, 0.1) is 5.92 Å². The molecule has 0 saturated carbocycles. The van der Waals surface area contributed by atoms with Crippen LogP contribution in [0.4, 0.5) is 0 Å². The Morgan fingerprint density at radius 3 is 2.95 bits per heavy atom. The summed E-state index contributed by atoms with van der Waals surface area (Å²) in [7, 11) is 0. The summed E-state index contributed by atoms with van der Waals surface area (Å²) in [6.07, 6.45) is 11.0. The van der Waals surface area contributed by atoms with Crippen molar-refractivity contribution in [3.05, 3.63) is 35.1 Å². The summed E-state index contributed by atoms with van der Waals surface area (Å²) in [6.45, 7) is 6.09. The predicted octanol–water partition coefficient (Wildman–Crippen LogP) is 3.29. The van der Waals surface area contributed by atoms with Crippen LogP contribution in [-0.4, -0.2) is 22.9 Å². The Bertz CT molecular complexity index is 473. The summed E-state index contributed by atoms with van der Waals surface area (Å²) in [4.78, 5) is 4.67.